The van der Waals surface area contributed by atoms with Gasteiger partial charge in [-0.2, -0.15) is 0 Å². The molecule has 1 amide bonds. The van der Waals surface area contributed by atoms with Crippen molar-refractivity contribution in [3.63, 3.8) is 0 Å². The fourth-order valence-electron chi connectivity index (χ4n) is 2.87. The molecule has 0 radical (unpaired) electrons. The fourth-order valence-corrected chi connectivity index (χ4v) is 2.87. The number of methoxy groups -OCH3 is 1. The Morgan fingerprint density at radius 2 is 1.85 bits per heavy atom. The van der Waals surface area contributed by atoms with Gasteiger partial charge in [-0.05, 0) is 29.7 Å². The summed E-state index contributed by atoms with van der Waals surface area (Å²) >= 11 is 0. The first-order chi connectivity index (χ1) is 13.0. The molecule has 1 N–H and O–H groups in total. The summed E-state index contributed by atoms with van der Waals surface area (Å²) < 4.78 is 16.2. The van der Waals surface area contributed by atoms with Crippen molar-refractivity contribution >= 4 is 11.9 Å². The van der Waals surface area contributed by atoms with Gasteiger partial charge >= 0.3 is 5.97 Å². The molecule has 1 heterocycles. The Morgan fingerprint density at radius 3 is 2.56 bits per heavy atom. The molecule has 1 atom stereocenters. The molecule has 6 heteroatoms. The first-order valence-corrected chi connectivity index (χ1v) is 8.59. The largest absolute Gasteiger partial charge is 0.493 e. The number of amides is 1. The van der Waals surface area contributed by atoms with Crippen molar-refractivity contribution in [3.8, 4) is 11.5 Å². The molecule has 0 spiro atoms. The summed E-state index contributed by atoms with van der Waals surface area (Å²) in [5, 5.41) is 2.90. The van der Waals surface area contributed by atoms with Gasteiger partial charge in [0.1, 0.15) is 12.4 Å². The third-order valence-corrected chi connectivity index (χ3v) is 4.10. The number of ether oxygens (including phenoxy) is 3. The first-order valence-electron chi connectivity index (χ1n) is 8.59. The van der Waals surface area contributed by atoms with Crippen LogP contribution in [0.15, 0.2) is 60.4 Å². The van der Waals surface area contributed by atoms with Gasteiger partial charge in [0.2, 0.25) is 5.91 Å². The molecule has 6 nitrogen and oxygen atoms in total. The minimum Gasteiger partial charge on any atom is -0.493 e. The van der Waals surface area contributed by atoms with Crippen LogP contribution in [0.2, 0.25) is 0 Å². The van der Waals surface area contributed by atoms with Crippen molar-refractivity contribution in [2.24, 2.45) is 0 Å². The van der Waals surface area contributed by atoms with Crippen molar-refractivity contribution in [3.05, 3.63) is 71.5 Å². The highest BCUT2D eigenvalue weighted by molar-refractivity contribution is 5.91. The molecule has 0 aliphatic carbocycles. The van der Waals surface area contributed by atoms with Gasteiger partial charge in [-0.3, -0.25) is 9.59 Å². The van der Waals surface area contributed by atoms with Gasteiger partial charge in [0.25, 0.3) is 0 Å². The van der Waals surface area contributed by atoms with E-state index in [1.54, 1.807) is 12.1 Å². The standard InChI is InChI=1S/C21H21NO5/c1-14(23)27-20-11-16(8-9-18(20)25-2)13-26-19-12-21(24)22-17(19)10-15-6-4-3-5-7-15/h3-9,11-12,17H,10,13H2,1-2H3,(H,22,24)/t17-/m0/s1. The number of benzene rings is 2. The fraction of sp³-hybridized carbons (Fsp3) is 0.238. The smallest absolute Gasteiger partial charge is 0.308 e. The molecular formula is C21H21NO5. The summed E-state index contributed by atoms with van der Waals surface area (Å²) in [4.78, 5) is 23.0. The van der Waals surface area contributed by atoms with Crippen LogP contribution in [0.3, 0.4) is 0 Å². The Bertz CT molecular complexity index is 860. The third-order valence-electron chi connectivity index (χ3n) is 4.10. The molecule has 1 aliphatic heterocycles. The number of hydrogen-bond acceptors (Lipinski definition) is 5. The van der Waals surface area contributed by atoms with Crippen LogP contribution in [-0.4, -0.2) is 25.0 Å². The van der Waals surface area contributed by atoms with Gasteiger partial charge < -0.3 is 19.5 Å². The van der Waals surface area contributed by atoms with E-state index < -0.39 is 5.97 Å². The van der Waals surface area contributed by atoms with Gasteiger partial charge in [0.15, 0.2) is 11.5 Å². The van der Waals surface area contributed by atoms with Crippen LogP contribution in [0.4, 0.5) is 0 Å². The molecule has 3 rings (SSSR count). The van der Waals surface area contributed by atoms with E-state index in [9.17, 15) is 9.59 Å². The van der Waals surface area contributed by atoms with Crippen LogP contribution >= 0.6 is 0 Å². The second kappa shape index (κ2) is 8.40. The van der Waals surface area contributed by atoms with E-state index in [4.69, 9.17) is 14.2 Å². The van der Waals surface area contributed by atoms with Crippen molar-refractivity contribution in [1.29, 1.82) is 0 Å². The van der Waals surface area contributed by atoms with E-state index in [1.165, 1.54) is 20.1 Å². The van der Waals surface area contributed by atoms with Gasteiger partial charge in [-0.1, -0.05) is 36.4 Å². The lowest BCUT2D eigenvalue weighted by Crippen LogP contribution is -2.31. The van der Waals surface area contributed by atoms with Gasteiger partial charge in [-0.25, -0.2) is 0 Å². The van der Waals surface area contributed by atoms with Crippen molar-refractivity contribution in [2.45, 2.75) is 26.0 Å². The van der Waals surface area contributed by atoms with E-state index in [-0.39, 0.29) is 18.6 Å². The summed E-state index contributed by atoms with van der Waals surface area (Å²) in [5.41, 5.74) is 1.91. The minimum absolute atomic E-state index is 0.165. The van der Waals surface area contributed by atoms with E-state index >= 15 is 0 Å². The predicted octanol–water partition coefficient (Wildman–Crippen LogP) is 2.76. The molecule has 0 unspecified atom stereocenters. The van der Waals surface area contributed by atoms with Crippen LogP contribution in [0.5, 0.6) is 11.5 Å². The van der Waals surface area contributed by atoms with Crippen molar-refractivity contribution < 1.29 is 23.8 Å². The van der Waals surface area contributed by atoms with E-state index in [2.05, 4.69) is 5.32 Å². The molecule has 0 fully saturated rings. The molecular weight excluding hydrogens is 346 g/mol. The van der Waals surface area contributed by atoms with Gasteiger partial charge in [0, 0.05) is 13.0 Å². The number of hydrogen-bond donors (Lipinski definition) is 1. The van der Waals surface area contributed by atoms with E-state index in [0.717, 1.165) is 11.1 Å². The minimum atomic E-state index is -0.428. The SMILES string of the molecule is COc1ccc(COC2=CC(=O)N[C@H]2Cc2ccccc2)cc1OC(C)=O. The molecule has 0 saturated heterocycles. The molecule has 140 valence electrons. The molecule has 0 saturated carbocycles. The lowest BCUT2D eigenvalue weighted by Gasteiger charge is -2.17. The summed E-state index contributed by atoms with van der Waals surface area (Å²) in [6.45, 7) is 1.57. The van der Waals surface area contributed by atoms with Crippen molar-refractivity contribution in [2.75, 3.05) is 7.11 Å². The summed E-state index contributed by atoms with van der Waals surface area (Å²) in [6.07, 6.45) is 2.13. The van der Waals surface area contributed by atoms with Gasteiger partial charge in [0.05, 0.1) is 13.2 Å². The van der Waals surface area contributed by atoms with Crippen LogP contribution in [0, 0.1) is 0 Å². The predicted molar refractivity (Wildman–Crippen MR) is 99.3 cm³/mol. The lowest BCUT2D eigenvalue weighted by atomic mass is 10.1. The van der Waals surface area contributed by atoms with Crippen molar-refractivity contribution in [1.82, 2.24) is 5.32 Å². The zero-order valence-corrected chi connectivity index (χ0v) is 15.2. The Morgan fingerprint density at radius 1 is 1.07 bits per heavy atom. The van der Waals surface area contributed by atoms with Crippen LogP contribution < -0.4 is 14.8 Å². The molecule has 0 aromatic heterocycles. The van der Waals surface area contributed by atoms with Crippen LogP contribution in [0.1, 0.15) is 18.1 Å². The second-order valence-corrected chi connectivity index (χ2v) is 6.17. The summed E-state index contributed by atoms with van der Waals surface area (Å²) in [7, 11) is 1.51. The monoisotopic (exact) mass is 367 g/mol. The quantitative estimate of drug-likeness (QED) is 0.602. The molecule has 27 heavy (non-hydrogen) atoms. The van der Waals surface area contributed by atoms with E-state index in [1.807, 2.05) is 36.4 Å². The lowest BCUT2D eigenvalue weighted by molar-refractivity contribution is -0.132. The van der Waals surface area contributed by atoms with Crippen LogP contribution in [-0.2, 0) is 27.4 Å². The zero-order valence-electron chi connectivity index (χ0n) is 15.2. The Hall–Kier alpha value is -3.28. The highest BCUT2D eigenvalue weighted by Crippen LogP contribution is 2.29. The maximum atomic E-state index is 11.8. The number of carbonyl (C=O) groups is 2. The molecule has 0 bridgehead atoms. The molecule has 1 aliphatic rings. The Labute approximate surface area is 157 Å². The maximum Gasteiger partial charge on any atom is 0.308 e. The first kappa shape index (κ1) is 18.5. The maximum absolute atomic E-state index is 11.8. The Kier molecular flexibility index (Phi) is 5.76. The van der Waals surface area contributed by atoms with E-state index in [0.29, 0.717) is 23.7 Å². The average molecular weight is 367 g/mol. The number of esters is 1. The zero-order chi connectivity index (χ0) is 19.2. The topological polar surface area (TPSA) is 73.9 Å². The van der Waals surface area contributed by atoms with Crippen LogP contribution in [0.25, 0.3) is 0 Å². The third kappa shape index (κ3) is 4.88. The number of carbonyl (C=O) groups excluding carboxylic acids is 2. The van der Waals surface area contributed by atoms with Gasteiger partial charge in [-0.15, -0.1) is 0 Å². The molecule has 2 aromatic rings. The highest BCUT2D eigenvalue weighted by atomic mass is 16.6. The second-order valence-electron chi connectivity index (χ2n) is 6.17. The number of nitrogens with one attached hydrogen (secondary N) is 1. The summed E-state index contributed by atoms with van der Waals surface area (Å²) in [5.74, 6) is 0.798. The Balaban J connectivity index is 1.68. The summed E-state index contributed by atoms with van der Waals surface area (Å²) in [6, 6.07) is 14.9. The number of rotatable bonds is 7. The molecule has 2 aromatic carbocycles. The highest BCUT2D eigenvalue weighted by Gasteiger charge is 2.25. The average Bonchev–Trinajstić information content (AvgIpc) is 2.99. The normalized spacial score (nSPS) is 15.7.